The number of benzene rings is 2. The van der Waals surface area contributed by atoms with Gasteiger partial charge >= 0.3 is 18.2 Å². The van der Waals surface area contributed by atoms with E-state index in [4.69, 9.17) is 9.47 Å². The highest BCUT2D eigenvalue weighted by Crippen LogP contribution is 2.41. The first-order valence-electron chi connectivity index (χ1n) is 9.57. The van der Waals surface area contributed by atoms with Crippen molar-refractivity contribution in [2.75, 3.05) is 6.61 Å². The topological polar surface area (TPSA) is 80.4 Å². The number of carbonyl (C=O) groups excluding carboxylic acids is 2. The van der Waals surface area contributed by atoms with Gasteiger partial charge in [0.15, 0.2) is 0 Å². The predicted octanol–water partition coefficient (Wildman–Crippen LogP) is 4.67. The normalized spacial score (nSPS) is 13.4. The Hall–Kier alpha value is -3.49. The Morgan fingerprint density at radius 2 is 1.71 bits per heavy atom. The molecule has 0 radical (unpaired) electrons. The van der Waals surface area contributed by atoms with Gasteiger partial charge in [-0.1, -0.05) is 48.5 Å². The third-order valence-electron chi connectivity index (χ3n) is 4.67. The van der Waals surface area contributed by atoms with Crippen LogP contribution in [0.25, 0.3) is 10.9 Å². The van der Waals surface area contributed by atoms with Crippen LogP contribution in [-0.4, -0.2) is 35.9 Å². The molecule has 0 aliphatic heterocycles. The first-order valence-corrected chi connectivity index (χ1v) is 9.57. The molecule has 3 aromatic rings. The average Bonchev–Trinajstić information content (AvgIpc) is 3.15. The maximum atomic E-state index is 14.1. The van der Waals surface area contributed by atoms with Crippen LogP contribution in [0.1, 0.15) is 24.0 Å². The number of H-pyrrole nitrogens is 1. The van der Waals surface area contributed by atoms with E-state index in [2.05, 4.69) is 10.3 Å². The van der Waals surface area contributed by atoms with Crippen molar-refractivity contribution < 1.29 is 32.2 Å². The van der Waals surface area contributed by atoms with Gasteiger partial charge in [-0.3, -0.25) is 0 Å². The standard InChI is InChI=1S/C22H21F3N2O4/c1-2-30-20(28)19(27-21(29)31-13-14-8-4-3-5-9-14)18(22(23,24)25)16-12-26-17-11-7-6-10-15(16)17/h3-12,18-19,26H,2,13H2,1H3,(H,27,29)/t18-,19?/m0/s1. The number of amides is 1. The van der Waals surface area contributed by atoms with Gasteiger partial charge in [0.25, 0.3) is 0 Å². The van der Waals surface area contributed by atoms with E-state index in [0.29, 0.717) is 16.5 Å². The highest BCUT2D eigenvalue weighted by atomic mass is 19.4. The fourth-order valence-corrected chi connectivity index (χ4v) is 3.30. The zero-order chi connectivity index (χ0) is 22.4. The van der Waals surface area contributed by atoms with E-state index < -0.39 is 30.2 Å². The zero-order valence-corrected chi connectivity index (χ0v) is 16.6. The molecule has 2 aromatic carbocycles. The average molecular weight is 434 g/mol. The second-order valence-electron chi connectivity index (χ2n) is 6.74. The summed E-state index contributed by atoms with van der Waals surface area (Å²) in [6.45, 7) is 1.16. The molecule has 1 aromatic heterocycles. The number of rotatable bonds is 7. The minimum Gasteiger partial charge on any atom is -0.464 e. The monoisotopic (exact) mass is 434 g/mol. The van der Waals surface area contributed by atoms with Crippen LogP contribution < -0.4 is 5.32 Å². The molecule has 9 heteroatoms. The van der Waals surface area contributed by atoms with E-state index in [1.165, 1.54) is 19.2 Å². The van der Waals surface area contributed by atoms with Gasteiger partial charge in [0.1, 0.15) is 18.6 Å². The Bertz CT molecular complexity index is 1030. The number of para-hydroxylation sites is 1. The summed E-state index contributed by atoms with van der Waals surface area (Å²) in [6.07, 6.45) is -4.82. The van der Waals surface area contributed by atoms with Crippen LogP contribution in [-0.2, 0) is 20.9 Å². The lowest BCUT2D eigenvalue weighted by Gasteiger charge is -2.28. The second-order valence-corrected chi connectivity index (χ2v) is 6.74. The number of aromatic nitrogens is 1. The van der Waals surface area contributed by atoms with E-state index in [-0.39, 0.29) is 18.8 Å². The van der Waals surface area contributed by atoms with Gasteiger partial charge in [-0.15, -0.1) is 0 Å². The van der Waals surface area contributed by atoms with E-state index in [1.54, 1.807) is 48.5 Å². The lowest BCUT2D eigenvalue weighted by atomic mass is 9.90. The molecule has 0 aliphatic rings. The summed E-state index contributed by atoms with van der Waals surface area (Å²) >= 11 is 0. The third kappa shape index (κ3) is 5.36. The number of fused-ring (bicyclic) bond motifs is 1. The smallest absolute Gasteiger partial charge is 0.408 e. The first-order chi connectivity index (χ1) is 14.8. The molecule has 0 bridgehead atoms. The van der Waals surface area contributed by atoms with Crippen molar-refractivity contribution in [3.63, 3.8) is 0 Å². The van der Waals surface area contributed by atoms with Gasteiger partial charge in [0.05, 0.1) is 6.61 Å². The number of ether oxygens (including phenoxy) is 2. The van der Waals surface area contributed by atoms with E-state index in [9.17, 15) is 22.8 Å². The Balaban J connectivity index is 1.90. The number of hydrogen-bond donors (Lipinski definition) is 2. The number of esters is 1. The number of aromatic amines is 1. The molecule has 2 atom stereocenters. The van der Waals surface area contributed by atoms with Gasteiger partial charge < -0.3 is 19.8 Å². The number of carbonyl (C=O) groups is 2. The summed E-state index contributed by atoms with van der Waals surface area (Å²) in [5, 5.41) is 2.35. The van der Waals surface area contributed by atoms with Gasteiger partial charge in [-0.05, 0) is 24.1 Å². The van der Waals surface area contributed by atoms with Crippen LogP contribution in [0.4, 0.5) is 18.0 Å². The minimum absolute atomic E-state index is 0.144. The fourth-order valence-electron chi connectivity index (χ4n) is 3.30. The summed E-state index contributed by atoms with van der Waals surface area (Å²) < 4.78 is 52.3. The molecule has 1 amide bonds. The first kappa shape index (κ1) is 22.2. The quantitative estimate of drug-likeness (QED) is 0.530. The Morgan fingerprint density at radius 1 is 1.03 bits per heavy atom. The molecule has 2 N–H and O–H groups in total. The molecule has 1 unspecified atom stereocenters. The van der Waals surface area contributed by atoms with E-state index >= 15 is 0 Å². The summed E-state index contributed by atoms with van der Waals surface area (Å²) in [5.74, 6) is -3.54. The van der Waals surface area contributed by atoms with Crippen LogP contribution in [0.2, 0.25) is 0 Å². The number of nitrogens with one attached hydrogen (secondary N) is 2. The van der Waals surface area contributed by atoms with E-state index in [1.807, 2.05) is 0 Å². The Labute approximate surface area is 176 Å². The lowest BCUT2D eigenvalue weighted by Crippen LogP contribution is -2.50. The van der Waals surface area contributed by atoms with Gasteiger partial charge in [-0.2, -0.15) is 13.2 Å². The van der Waals surface area contributed by atoms with Gasteiger partial charge in [-0.25, -0.2) is 9.59 Å². The number of hydrogen-bond acceptors (Lipinski definition) is 4. The largest absolute Gasteiger partial charge is 0.464 e. The number of alkyl carbamates (subject to hydrolysis) is 1. The lowest BCUT2D eigenvalue weighted by molar-refractivity contribution is -0.171. The van der Waals surface area contributed by atoms with Crippen molar-refractivity contribution >= 4 is 23.0 Å². The molecular formula is C22H21F3N2O4. The molecule has 3 rings (SSSR count). The Morgan fingerprint density at radius 3 is 2.39 bits per heavy atom. The minimum atomic E-state index is -4.85. The Kier molecular flexibility index (Phi) is 6.84. The van der Waals surface area contributed by atoms with Crippen molar-refractivity contribution in [2.24, 2.45) is 0 Å². The summed E-state index contributed by atoms with van der Waals surface area (Å²) in [6, 6.07) is 13.0. The molecule has 31 heavy (non-hydrogen) atoms. The van der Waals surface area contributed by atoms with Crippen LogP contribution in [0.5, 0.6) is 0 Å². The zero-order valence-electron chi connectivity index (χ0n) is 16.6. The summed E-state index contributed by atoms with van der Waals surface area (Å²) in [5.41, 5.74) is 0.944. The van der Waals surface area contributed by atoms with Crippen molar-refractivity contribution in [1.29, 1.82) is 0 Å². The third-order valence-corrected chi connectivity index (χ3v) is 4.67. The van der Waals surface area contributed by atoms with Crippen molar-refractivity contribution in [3.8, 4) is 0 Å². The molecule has 0 fully saturated rings. The summed E-state index contributed by atoms with van der Waals surface area (Å²) in [4.78, 5) is 27.5. The van der Waals surface area contributed by atoms with E-state index in [0.717, 1.165) is 0 Å². The molecule has 164 valence electrons. The molecule has 1 heterocycles. The molecular weight excluding hydrogens is 413 g/mol. The van der Waals surface area contributed by atoms with Crippen LogP contribution >= 0.6 is 0 Å². The fraction of sp³-hybridized carbons (Fsp3) is 0.273. The van der Waals surface area contributed by atoms with Crippen molar-refractivity contribution in [3.05, 3.63) is 71.9 Å². The van der Waals surface area contributed by atoms with Gasteiger partial charge in [0.2, 0.25) is 0 Å². The number of alkyl halides is 3. The molecule has 0 spiro atoms. The maximum absolute atomic E-state index is 14.1. The van der Waals surface area contributed by atoms with Crippen molar-refractivity contribution in [1.82, 2.24) is 10.3 Å². The highest BCUT2D eigenvalue weighted by molar-refractivity contribution is 5.87. The molecule has 0 saturated carbocycles. The maximum Gasteiger partial charge on any atom is 0.408 e. The molecule has 6 nitrogen and oxygen atoms in total. The number of halogens is 3. The highest BCUT2D eigenvalue weighted by Gasteiger charge is 2.51. The predicted molar refractivity (Wildman–Crippen MR) is 107 cm³/mol. The SMILES string of the molecule is CCOC(=O)C(NC(=O)OCc1ccccc1)[C@H](c1c[nH]c2ccccc12)C(F)(F)F. The van der Waals surface area contributed by atoms with Gasteiger partial charge in [0, 0.05) is 17.1 Å². The van der Waals surface area contributed by atoms with Crippen molar-refractivity contribution in [2.45, 2.75) is 31.7 Å². The molecule has 0 saturated heterocycles. The van der Waals surface area contributed by atoms with Crippen LogP contribution in [0.15, 0.2) is 60.8 Å². The summed E-state index contributed by atoms with van der Waals surface area (Å²) in [7, 11) is 0. The van der Waals surface area contributed by atoms with Crippen LogP contribution in [0.3, 0.4) is 0 Å². The van der Waals surface area contributed by atoms with Crippen LogP contribution in [0, 0.1) is 0 Å². The second kappa shape index (κ2) is 9.55. The molecule has 0 aliphatic carbocycles.